The number of aliphatic hydroxyl groups is 1. The number of anilines is 1. The molecule has 0 radical (unpaired) electrons. The molecule has 3 aromatic carbocycles. The lowest BCUT2D eigenvalue weighted by molar-refractivity contribution is -0.119. The van der Waals surface area contributed by atoms with Crippen molar-refractivity contribution in [3.63, 3.8) is 0 Å². The summed E-state index contributed by atoms with van der Waals surface area (Å²) in [5, 5.41) is 20.5. The monoisotopic (exact) mass is 666 g/mol. The predicted octanol–water partition coefficient (Wildman–Crippen LogP) is 6.34. The zero-order valence-electron chi connectivity index (χ0n) is 28.8. The summed E-state index contributed by atoms with van der Waals surface area (Å²) in [5.41, 5.74) is 4.51. The highest BCUT2D eigenvalue weighted by Gasteiger charge is 2.50. The number of carbonyl (C=O) groups is 1. The summed E-state index contributed by atoms with van der Waals surface area (Å²) in [7, 11) is -0.276. The van der Waals surface area contributed by atoms with Gasteiger partial charge in [0, 0.05) is 31.4 Å². The zero-order chi connectivity index (χ0) is 33.7. The number of hydrogen-bond acceptors (Lipinski definition) is 6. The van der Waals surface area contributed by atoms with Gasteiger partial charge in [0.1, 0.15) is 5.75 Å². The molecule has 254 valence electrons. The van der Waals surface area contributed by atoms with E-state index in [1.807, 2.05) is 46.1 Å². The number of aliphatic hydroxyl groups excluding tert-OH is 1. The predicted molar refractivity (Wildman–Crippen MR) is 193 cm³/mol. The number of hydrogen-bond donors (Lipinski definition) is 1. The molecule has 1 N–H and O–H groups in total. The summed E-state index contributed by atoms with van der Waals surface area (Å²) in [6, 6.07) is 27.2. The number of nitrogens with zero attached hydrogens (tertiary/aromatic N) is 4. The van der Waals surface area contributed by atoms with Crippen molar-refractivity contribution in [3.05, 3.63) is 102 Å². The molecule has 0 bridgehead atoms. The van der Waals surface area contributed by atoms with Crippen LogP contribution in [0.25, 0.3) is 0 Å². The van der Waals surface area contributed by atoms with E-state index in [1.54, 1.807) is 7.11 Å². The van der Waals surface area contributed by atoms with Gasteiger partial charge >= 0.3 is 0 Å². The van der Waals surface area contributed by atoms with E-state index in [9.17, 15) is 9.90 Å². The summed E-state index contributed by atoms with van der Waals surface area (Å²) in [5.74, 6) is 1.31. The second-order valence-corrected chi connectivity index (χ2v) is 18.8. The first kappa shape index (κ1) is 34.1. The Morgan fingerprint density at radius 2 is 1.73 bits per heavy atom. The van der Waals surface area contributed by atoms with Gasteiger partial charge in [-0.15, -0.1) is 5.10 Å². The van der Waals surface area contributed by atoms with Gasteiger partial charge in [-0.3, -0.25) is 9.48 Å². The highest BCUT2D eigenvalue weighted by atomic mass is 28.3. The molecule has 1 amide bonds. The molecule has 2 aliphatic rings. The molecule has 6 rings (SSSR count). The molecular formula is C39H50N4O4Si. The van der Waals surface area contributed by atoms with E-state index in [-0.39, 0.29) is 30.6 Å². The fourth-order valence-corrected chi connectivity index (χ4v) is 12.2. The molecule has 0 aliphatic carbocycles. The number of ether oxygens (including phenoxy) is 2. The minimum Gasteiger partial charge on any atom is -0.497 e. The van der Waals surface area contributed by atoms with Crippen LogP contribution in [0.2, 0.25) is 18.6 Å². The first-order valence-electron chi connectivity index (χ1n) is 17.5. The molecule has 4 aromatic rings. The minimum atomic E-state index is -1.99. The molecule has 1 aromatic heterocycles. The maximum absolute atomic E-state index is 12.4. The molecule has 5 atom stereocenters. The molecule has 2 saturated heterocycles. The molecule has 0 spiro atoms. The Kier molecular flexibility index (Phi) is 10.8. The van der Waals surface area contributed by atoms with Crippen molar-refractivity contribution >= 4 is 24.9 Å². The summed E-state index contributed by atoms with van der Waals surface area (Å²) >= 11 is 0. The average Bonchev–Trinajstić information content (AvgIpc) is 3.71. The fraction of sp³-hybridized carbons (Fsp3) is 0.462. The number of piperidine rings is 1. The molecule has 3 heterocycles. The van der Waals surface area contributed by atoms with Crippen LogP contribution in [0.4, 0.5) is 5.69 Å². The van der Waals surface area contributed by atoms with Gasteiger partial charge in [0.2, 0.25) is 5.91 Å². The molecule has 0 saturated carbocycles. The number of methoxy groups -OCH3 is 1. The Balaban J connectivity index is 1.17. The van der Waals surface area contributed by atoms with Crippen LogP contribution < -0.4 is 14.8 Å². The van der Waals surface area contributed by atoms with Crippen molar-refractivity contribution in [1.82, 2.24) is 15.0 Å². The number of aryl methyl sites for hydroxylation is 2. The number of aromatic nitrogens is 3. The second-order valence-electron chi connectivity index (χ2n) is 14.1. The van der Waals surface area contributed by atoms with Crippen molar-refractivity contribution in [2.24, 2.45) is 5.92 Å². The van der Waals surface area contributed by atoms with Gasteiger partial charge in [0.05, 0.1) is 45.6 Å². The summed E-state index contributed by atoms with van der Waals surface area (Å²) in [4.78, 5) is 14.4. The third-order valence-electron chi connectivity index (χ3n) is 10.8. The van der Waals surface area contributed by atoms with Crippen LogP contribution in [0, 0.1) is 5.92 Å². The number of rotatable bonds is 13. The normalized spacial score (nSPS) is 22.2. The summed E-state index contributed by atoms with van der Waals surface area (Å²) < 4.78 is 14.4. The van der Waals surface area contributed by atoms with Crippen LogP contribution >= 0.6 is 0 Å². The number of amides is 1. The Bertz CT molecular complexity index is 1630. The standard InChI is InChI=1S/C39H50N4O4Si/c1-28-36(22-15-29-13-16-31(17-14-29)43-24-9-8-12-38(43)45)47-37(39(28)48(3,4)33-20-18-32(46-2)19-21-33)23-25-42-26-35(40-41-42)34(27-44)30-10-6-5-7-11-30/h5-7,10-11,13-14,16-21,26,28,34,36-37,39,44H,8-9,12,15,22-25,27H2,1-4H3/t28-,34?,36+,37-,39+/m0/s1. The van der Waals surface area contributed by atoms with Crippen molar-refractivity contribution in [3.8, 4) is 5.75 Å². The van der Waals surface area contributed by atoms with Gasteiger partial charge in [-0.05, 0) is 79.0 Å². The van der Waals surface area contributed by atoms with Crippen LogP contribution in [-0.4, -0.2) is 66.6 Å². The highest BCUT2D eigenvalue weighted by molar-refractivity contribution is 6.91. The quantitative estimate of drug-likeness (QED) is 0.168. The molecule has 8 nitrogen and oxygen atoms in total. The minimum absolute atomic E-state index is 0.0174. The van der Waals surface area contributed by atoms with Gasteiger partial charge in [-0.25, -0.2) is 0 Å². The summed E-state index contributed by atoms with van der Waals surface area (Å²) in [6.07, 6.45) is 7.65. The third-order valence-corrected chi connectivity index (χ3v) is 15.2. The maximum atomic E-state index is 12.4. The van der Waals surface area contributed by atoms with Crippen LogP contribution in [-0.2, 0) is 22.5 Å². The topological polar surface area (TPSA) is 89.7 Å². The Hall–Kier alpha value is -3.79. The smallest absolute Gasteiger partial charge is 0.226 e. The Morgan fingerprint density at radius 1 is 0.979 bits per heavy atom. The van der Waals surface area contributed by atoms with E-state index in [4.69, 9.17) is 9.47 Å². The molecule has 48 heavy (non-hydrogen) atoms. The number of carbonyl (C=O) groups excluding carboxylic acids is 1. The van der Waals surface area contributed by atoms with E-state index in [0.29, 0.717) is 24.4 Å². The molecule has 9 heteroatoms. The van der Waals surface area contributed by atoms with E-state index < -0.39 is 8.07 Å². The largest absolute Gasteiger partial charge is 0.497 e. The van der Waals surface area contributed by atoms with Crippen molar-refractivity contribution in [2.75, 3.05) is 25.2 Å². The highest BCUT2D eigenvalue weighted by Crippen LogP contribution is 2.46. The SMILES string of the molecule is COc1ccc([Si](C)(C)[C@@H]2[C@@H](C)[C@@H](CCc3ccc(N4CCCCC4=O)cc3)O[C@H]2CCn2cc(C(CO)c3ccccc3)nn2)cc1. The lowest BCUT2D eigenvalue weighted by Crippen LogP contribution is -2.50. The van der Waals surface area contributed by atoms with E-state index in [2.05, 4.69) is 78.9 Å². The Labute approximate surface area is 286 Å². The molecule has 1 unspecified atom stereocenters. The van der Waals surface area contributed by atoms with Gasteiger partial charge in [0.25, 0.3) is 0 Å². The van der Waals surface area contributed by atoms with Gasteiger partial charge in [-0.1, -0.05) is 85.0 Å². The first-order chi connectivity index (χ1) is 23.3. The zero-order valence-corrected chi connectivity index (χ0v) is 29.8. The maximum Gasteiger partial charge on any atom is 0.226 e. The van der Waals surface area contributed by atoms with Gasteiger partial charge in [-0.2, -0.15) is 0 Å². The van der Waals surface area contributed by atoms with Crippen LogP contribution in [0.3, 0.4) is 0 Å². The van der Waals surface area contributed by atoms with E-state index in [0.717, 1.165) is 61.3 Å². The van der Waals surface area contributed by atoms with Crippen LogP contribution in [0.5, 0.6) is 5.75 Å². The molecular weight excluding hydrogens is 617 g/mol. The van der Waals surface area contributed by atoms with Gasteiger partial charge in [0.15, 0.2) is 0 Å². The van der Waals surface area contributed by atoms with E-state index >= 15 is 0 Å². The van der Waals surface area contributed by atoms with Crippen molar-refractivity contribution in [1.29, 1.82) is 0 Å². The van der Waals surface area contributed by atoms with Crippen LogP contribution in [0.15, 0.2) is 85.1 Å². The fourth-order valence-electron chi connectivity index (χ4n) is 8.04. The molecule has 2 fully saturated rings. The molecule has 2 aliphatic heterocycles. The Morgan fingerprint density at radius 3 is 2.42 bits per heavy atom. The lowest BCUT2D eigenvalue weighted by Gasteiger charge is -2.36. The van der Waals surface area contributed by atoms with Crippen LogP contribution in [0.1, 0.15) is 61.8 Å². The third kappa shape index (κ3) is 7.43. The first-order valence-corrected chi connectivity index (χ1v) is 20.6. The van der Waals surface area contributed by atoms with Crippen molar-refractivity contribution < 1.29 is 19.4 Å². The lowest BCUT2D eigenvalue weighted by atomic mass is 9.95. The summed E-state index contributed by atoms with van der Waals surface area (Å²) in [6.45, 7) is 8.84. The number of benzene rings is 3. The van der Waals surface area contributed by atoms with Crippen molar-refractivity contribution in [2.45, 2.75) is 88.8 Å². The van der Waals surface area contributed by atoms with E-state index in [1.165, 1.54) is 10.8 Å². The average molecular weight is 667 g/mol. The second kappa shape index (κ2) is 15.2. The van der Waals surface area contributed by atoms with Gasteiger partial charge < -0.3 is 19.5 Å².